The Balaban J connectivity index is 1.34. The molecule has 9 heteroatoms. The van der Waals surface area contributed by atoms with Gasteiger partial charge < -0.3 is 29.2 Å². The number of carbonyl (C=O) groups excluding carboxylic acids is 3. The lowest BCUT2D eigenvalue weighted by atomic mass is 9.82. The molecule has 2 aromatic rings. The summed E-state index contributed by atoms with van der Waals surface area (Å²) in [5.74, 6) is -0.241. The van der Waals surface area contributed by atoms with Gasteiger partial charge in [0.1, 0.15) is 11.8 Å². The van der Waals surface area contributed by atoms with Crippen molar-refractivity contribution in [1.82, 2.24) is 19.7 Å². The molecule has 218 valence electrons. The maximum absolute atomic E-state index is 13.6. The summed E-state index contributed by atoms with van der Waals surface area (Å²) in [5.41, 5.74) is 1.63. The van der Waals surface area contributed by atoms with Crippen molar-refractivity contribution >= 4 is 28.7 Å². The Labute approximate surface area is 237 Å². The minimum absolute atomic E-state index is 0.0629. The van der Waals surface area contributed by atoms with Crippen molar-refractivity contribution in [2.45, 2.75) is 79.0 Å². The lowest BCUT2D eigenvalue weighted by Crippen LogP contribution is -2.46. The number of rotatable bonds is 9. The van der Waals surface area contributed by atoms with E-state index < -0.39 is 17.1 Å². The maximum Gasteiger partial charge on any atom is 0.407 e. The summed E-state index contributed by atoms with van der Waals surface area (Å²) in [6.07, 6.45) is 6.00. The zero-order chi connectivity index (χ0) is 29.2. The second-order valence-corrected chi connectivity index (χ2v) is 12.0. The van der Waals surface area contributed by atoms with Gasteiger partial charge in [0.05, 0.1) is 5.41 Å². The van der Waals surface area contributed by atoms with E-state index in [1.54, 1.807) is 20.8 Å². The number of carbonyl (C=O) groups is 3. The van der Waals surface area contributed by atoms with E-state index in [0.717, 1.165) is 35.0 Å². The number of aryl methyl sites for hydroxylation is 1. The van der Waals surface area contributed by atoms with Gasteiger partial charge in [0.25, 0.3) is 0 Å². The summed E-state index contributed by atoms with van der Waals surface area (Å²) in [7, 11) is 2.04. The average Bonchev–Trinajstić information content (AvgIpc) is 3.41. The van der Waals surface area contributed by atoms with Crippen molar-refractivity contribution < 1.29 is 23.9 Å². The molecule has 2 unspecified atom stereocenters. The van der Waals surface area contributed by atoms with Gasteiger partial charge in [-0.25, -0.2) is 4.79 Å². The number of aromatic nitrogens is 1. The molecule has 2 atom stereocenters. The van der Waals surface area contributed by atoms with Crippen LogP contribution in [0.5, 0.6) is 0 Å². The Kier molecular flexibility index (Phi) is 8.52. The molecule has 4 rings (SSSR count). The van der Waals surface area contributed by atoms with Crippen LogP contribution in [0.4, 0.5) is 4.79 Å². The molecule has 0 radical (unpaired) electrons. The van der Waals surface area contributed by atoms with Crippen molar-refractivity contribution in [2.75, 3.05) is 19.8 Å². The highest BCUT2D eigenvalue weighted by Crippen LogP contribution is 2.35. The smallest absolute Gasteiger partial charge is 0.407 e. The standard InChI is InChI=1S/C31H44N4O5/c1-8-31(9-2,19-32-29(38)40-30(4,5)6)28(37)39-20-35-17-16-34(21(35)3)18-22-14-15-25-26(27(22)36)23-12-10-11-13-24(23)33(25)7/h10-13,16-17,21-22H,8-9,14-15,18-20H2,1-7H3,(H,32,38). The normalized spacial score (nSPS) is 19.2. The van der Waals surface area contributed by atoms with Gasteiger partial charge in [-0.2, -0.15) is 0 Å². The first-order valence-electron chi connectivity index (χ1n) is 14.3. The number of amides is 1. The Morgan fingerprint density at radius 3 is 2.42 bits per heavy atom. The molecule has 9 nitrogen and oxygen atoms in total. The number of nitrogens with one attached hydrogen (secondary N) is 1. The number of para-hydroxylation sites is 1. The second-order valence-electron chi connectivity index (χ2n) is 12.0. The number of Topliss-reactive ketones (excluding diaryl/α,β-unsaturated/α-hetero) is 1. The second kappa shape index (κ2) is 11.6. The molecule has 0 saturated heterocycles. The van der Waals surface area contributed by atoms with Crippen LogP contribution >= 0.6 is 0 Å². The van der Waals surface area contributed by atoms with Crippen LogP contribution in [-0.4, -0.2) is 63.8 Å². The van der Waals surface area contributed by atoms with Crippen LogP contribution in [-0.2, 0) is 27.7 Å². The summed E-state index contributed by atoms with van der Waals surface area (Å²) in [6, 6.07) is 8.11. The molecule has 1 aliphatic heterocycles. The molecule has 1 amide bonds. The molecule has 0 saturated carbocycles. The van der Waals surface area contributed by atoms with E-state index >= 15 is 0 Å². The number of benzene rings is 1. The molecule has 1 aliphatic carbocycles. The fourth-order valence-corrected chi connectivity index (χ4v) is 5.77. The van der Waals surface area contributed by atoms with Crippen LogP contribution in [0, 0.1) is 11.3 Å². The Morgan fingerprint density at radius 2 is 1.75 bits per heavy atom. The minimum atomic E-state index is -0.839. The molecular formula is C31H44N4O5. The number of ketones is 1. The average molecular weight is 553 g/mol. The van der Waals surface area contributed by atoms with E-state index in [-0.39, 0.29) is 37.1 Å². The molecule has 1 aromatic carbocycles. The topological polar surface area (TPSA) is 93.1 Å². The first-order chi connectivity index (χ1) is 18.9. The minimum Gasteiger partial charge on any atom is -0.444 e. The molecule has 2 heterocycles. The van der Waals surface area contributed by atoms with Gasteiger partial charge in [0.15, 0.2) is 12.5 Å². The van der Waals surface area contributed by atoms with Crippen molar-refractivity contribution in [3.8, 4) is 0 Å². The molecule has 2 aliphatic rings. The number of esters is 1. The first-order valence-corrected chi connectivity index (χ1v) is 14.3. The van der Waals surface area contributed by atoms with Crippen molar-refractivity contribution in [1.29, 1.82) is 0 Å². The third kappa shape index (κ3) is 5.83. The molecule has 1 aromatic heterocycles. The number of ether oxygens (including phenoxy) is 2. The third-order valence-electron chi connectivity index (χ3n) is 8.52. The number of hydrogen-bond donors (Lipinski definition) is 1. The van der Waals surface area contributed by atoms with Crippen molar-refractivity contribution in [2.24, 2.45) is 18.4 Å². The quantitative estimate of drug-likeness (QED) is 0.428. The summed E-state index contributed by atoms with van der Waals surface area (Å²) < 4.78 is 13.3. The number of fused-ring (bicyclic) bond motifs is 3. The van der Waals surface area contributed by atoms with Crippen LogP contribution < -0.4 is 5.32 Å². The van der Waals surface area contributed by atoms with Crippen LogP contribution in [0.1, 0.15) is 76.9 Å². The maximum atomic E-state index is 13.6. The molecule has 0 fully saturated rings. The summed E-state index contributed by atoms with van der Waals surface area (Å²) in [5, 5.41) is 3.78. The van der Waals surface area contributed by atoms with Gasteiger partial charge in [0.2, 0.25) is 0 Å². The third-order valence-corrected chi connectivity index (χ3v) is 8.52. The lowest BCUT2D eigenvalue weighted by molar-refractivity contribution is -0.161. The van der Waals surface area contributed by atoms with Gasteiger partial charge in [-0.15, -0.1) is 0 Å². The van der Waals surface area contributed by atoms with E-state index in [1.807, 2.05) is 63.3 Å². The highest BCUT2D eigenvalue weighted by molar-refractivity contribution is 6.11. The highest BCUT2D eigenvalue weighted by Gasteiger charge is 2.39. The van der Waals surface area contributed by atoms with Crippen LogP contribution in [0.25, 0.3) is 10.9 Å². The zero-order valence-electron chi connectivity index (χ0n) is 25.0. The van der Waals surface area contributed by atoms with E-state index in [1.165, 1.54) is 0 Å². The Bertz CT molecular complexity index is 1290. The predicted molar refractivity (Wildman–Crippen MR) is 154 cm³/mol. The van der Waals surface area contributed by atoms with E-state index in [9.17, 15) is 14.4 Å². The van der Waals surface area contributed by atoms with E-state index in [0.29, 0.717) is 19.4 Å². The Hall–Kier alpha value is -3.49. The summed E-state index contributed by atoms with van der Waals surface area (Å²) >= 11 is 0. The lowest BCUT2D eigenvalue weighted by Gasteiger charge is -2.34. The SMILES string of the molecule is CCC(CC)(CNC(=O)OC(C)(C)C)C(=O)OCN1C=CN(CC2CCc3c(c4ccccc4n3C)C2=O)C1C. The van der Waals surface area contributed by atoms with E-state index in [2.05, 4.69) is 20.9 Å². The van der Waals surface area contributed by atoms with Gasteiger partial charge in [-0.3, -0.25) is 9.59 Å². The van der Waals surface area contributed by atoms with Crippen LogP contribution in [0.3, 0.4) is 0 Å². The number of nitrogens with zero attached hydrogens (tertiary/aromatic N) is 3. The molecule has 0 bridgehead atoms. The van der Waals surface area contributed by atoms with Crippen LogP contribution in [0.15, 0.2) is 36.7 Å². The molecule has 1 N–H and O–H groups in total. The van der Waals surface area contributed by atoms with Crippen molar-refractivity contribution in [3.63, 3.8) is 0 Å². The monoisotopic (exact) mass is 552 g/mol. The fourth-order valence-electron chi connectivity index (χ4n) is 5.77. The van der Waals surface area contributed by atoms with E-state index in [4.69, 9.17) is 9.47 Å². The zero-order valence-corrected chi connectivity index (χ0v) is 25.0. The van der Waals surface area contributed by atoms with Crippen molar-refractivity contribution in [3.05, 3.63) is 47.9 Å². The number of hydrogen-bond acceptors (Lipinski definition) is 7. The Morgan fingerprint density at radius 1 is 1.07 bits per heavy atom. The molecule has 40 heavy (non-hydrogen) atoms. The van der Waals surface area contributed by atoms with Gasteiger partial charge in [-0.1, -0.05) is 32.0 Å². The highest BCUT2D eigenvalue weighted by atomic mass is 16.6. The molecule has 0 spiro atoms. The van der Waals surface area contributed by atoms with Gasteiger partial charge >= 0.3 is 12.1 Å². The largest absolute Gasteiger partial charge is 0.444 e. The predicted octanol–water partition coefficient (Wildman–Crippen LogP) is 5.19. The summed E-state index contributed by atoms with van der Waals surface area (Å²) in [6.45, 7) is 12.1. The first kappa shape index (κ1) is 29.5. The molecular weight excluding hydrogens is 508 g/mol. The number of alkyl carbamates (subject to hydrolysis) is 1. The van der Waals surface area contributed by atoms with Gasteiger partial charge in [-0.05, 0) is 59.4 Å². The van der Waals surface area contributed by atoms with Gasteiger partial charge in [0, 0.05) is 60.6 Å². The summed E-state index contributed by atoms with van der Waals surface area (Å²) in [4.78, 5) is 43.1. The van der Waals surface area contributed by atoms with Crippen LogP contribution in [0.2, 0.25) is 0 Å². The fraction of sp³-hybridized carbons (Fsp3) is 0.581.